The Morgan fingerprint density at radius 3 is 0.780 bits per heavy atom. The second-order valence-electron chi connectivity index (χ2n) is 27.4. The van der Waals surface area contributed by atoms with Crippen LogP contribution in [0, 0.1) is 23.7 Å². The molecule has 0 aliphatic rings. The number of phosphoric acid groups is 2. The highest BCUT2D eigenvalue weighted by Crippen LogP contribution is 2.45. The smallest absolute Gasteiger partial charge is 0.462 e. The number of aliphatic hydroxyl groups excluding tert-OH is 1. The number of unbranched alkanes of at least 4 members (excludes halogenated alkanes) is 33. The SMILES string of the molecule is CCC(C)CCCCCCCCCCCCCCCCC(=O)OC[C@H](COP(=O)(O)OCC(O)COP(=O)(O)OC[C@@H](COC(=O)CCCCCCCCCC(C)C)OC(=O)CCCCCCCCCCC(C)C)OC(=O)CCCCCCCCCCC(C)CC. The molecule has 0 rings (SSSR count). The predicted molar refractivity (Wildman–Crippen MR) is 367 cm³/mol. The van der Waals surface area contributed by atoms with Crippen LogP contribution < -0.4 is 0 Å². The maximum atomic E-state index is 13.0. The lowest BCUT2D eigenvalue weighted by atomic mass is 9.99. The van der Waals surface area contributed by atoms with Gasteiger partial charge in [-0.3, -0.25) is 37.3 Å². The summed E-state index contributed by atoms with van der Waals surface area (Å²) in [6.07, 6.45) is 44.5. The van der Waals surface area contributed by atoms with Crippen LogP contribution >= 0.6 is 15.6 Å². The number of esters is 4. The van der Waals surface area contributed by atoms with Crippen molar-refractivity contribution in [2.75, 3.05) is 39.6 Å². The molecule has 0 radical (unpaired) electrons. The van der Waals surface area contributed by atoms with Crippen molar-refractivity contribution in [2.45, 2.75) is 375 Å². The van der Waals surface area contributed by atoms with Crippen LogP contribution in [-0.2, 0) is 65.4 Å². The average Bonchev–Trinajstić information content (AvgIpc) is 3.56. The van der Waals surface area contributed by atoms with Crippen LogP contribution in [0.4, 0.5) is 0 Å². The van der Waals surface area contributed by atoms with E-state index in [9.17, 15) is 43.2 Å². The zero-order valence-corrected chi connectivity index (χ0v) is 61.3. The van der Waals surface area contributed by atoms with Crippen molar-refractivity contribution in [2.24, 2.45) is 23.7 Å². The van der Waals surface area contributed by atoms with Crippen LogP contribution in [0.15, 0.2) is 0 Å². The van der Waals surface area contributed by atoms with Gasteiger partial charge in [0, 0.05) is 25.7 Å². The third-order valence-corrected chi connectivity index (χ3v) is 19.2. The fraction of sp³-hybridized carbons (Fsp3) is 0.944. The van der Waals surface area contributed by atoms with Crippen molar-refractivity contribution >= 4 is 39.5 Å². The first-order valence-corrected chi connectivity index (χ1v) is 40.3. The third kappa shape index (κ3) is 63.9. The maximum Gasteiger partial charge on any atom is 0.472 e. The van der Waals surface area contributed by atoms with Gasteiger partial charge in [-0.15, -0.1) is 0 Å². The predicted octanol–water partition coefficient (Wildman–Crippen LogP) is 20.5. The van der Waals surface area contributed by atoms with E-state index in [2.05, 4.69) is 55.4 Å². The molecule has 0 spiro atoms. The number of rotatable bonds is 69. The molecule has 0 bridgehead atoms. The summed E-state index contributed by atoms with van der Waals surface area (Å²) >= 11 is 0. The third-order valence-electron chi connectivity index (χ3n) is 17.3. The minimum absolute atomic E-state index is 0.103. The summed E-state index contributed by atoms with van der Waals surface area (Å²) in [5, 5.41) is 10.6. The van der Waals surface area contributed by atoms with Gasteiger partial charge in [0.1, 0.15) is 19.3 Å². The van der Waals surface area contributed by atoms with E-state index < -0.39 is 97.5 Å². The highest BCUT2D eigenvalue weighted by molar-refractivity contribution is 7.47. The van der Waals surface area contributed by atoms with Crippen LogP contribution in [0.5, 0.6) is 0 Å². The van der Waals surface area contributed by atoms with Gasteiger partial charge < -0.3 is 33.8 Å². The summed E-state index contributed by atoms with van der Waals surface area (Å²) in [4.78, 5) is 72.6. The first-order chi connectivity index (χ1) is 43.7. The molecule has 0 amide bonds. The number of aliphatic hydroxyl groups is 1. The summed E-state index contributed by atoms with van der Waals surface area (Å²) in [5.41, 5.74) is 0. The summed E-state index contributed by atoms with van der Waals surface area (Å²) in [5.74, 6) is 0.913. The van der Waals surface area contributed by atoms with Gasteiger partial charge in [-0.1, -0.05) is 306 Å². The number of hydrogen-bond donors (Lipinski definition) is 3. The van der Waals surface area contributed by atoms with Gasteiger partial charge in [0.05, 0.1) is 26.4 Å². The molecule has 0 fully saturated rings. The first-order valence-electron chi connectivity index (χ1n) is 37.3. The number of phosphoric ester groups is 2. The molecule has 0 aromatic rings. The number of carbonyl (C=O) groups is 4. The number of carbonyl (C=O) groups excluding carboxylic acids is 4. The second-order valence-corrected chi connectivity index (χ2v) is 30.3. The van der Waals surface area contributed by atoms with Gasteiger partial charge >= 0.3 is 39.5 Å². The fourth-order valence-electron chi connectivity index (χ4n) is 10.8. The van der Waals surface area contributed by atoms with Gasteiger partial charge in [0.2, 0.25) is 0 Å². The lowest BCUT2D eigenvalue weighted by molar-refractivity contribution is -0.161. The van der Waals surface area contributed by atoms with Gasteiger partial charge in [-0.2, -0.15) is 0 Å². The van der Waals surface area contributed by atoms with Crippen molar-refractivity contribution in [3.8, 4) is 0 Å². The zero-order valence-electron chi connectivity index (χ0n) is 59.5. The van der Waals surface area contributed by atoms with Crippen molar-refractivity contribution in [3.63, 3.8) is 0 Å². The van der Waals surface area contributed by atoms with Gasteiger partial charge in [-0.25, -0.2) is 9.13 Å². The normalized spacial score (nSPS) is 14.8. The Kier molecular flexibility index (Phi) is 60.3. The van der Waals surface area contributed by atoms with Gasteiger partial charge in [0.15, 0.2) is 12.2 Å². The summed E-state index contributed by atoms with van der Waals surface area (Å²) in [6.45, 7) is 14.1. The quantitative estimate of drug-likeness (QED) is 0.0222. The van der Waals surface area contributed by atoms with E-state index >= 15 is 0 Å². The molecule has 5 unspecified atom stereocenters. The molecule has 3 N–H and O–H groups in total. The molecule has 540 valence electrons. The topological polar surface area (TPSA) is 237 Å². The number of hydrogen-bond acceptors (Lipinski definition) is 15. The van der Waals surface area contributed by atoms with E-state index in [4.69, 9.17) is 37.0 Å². The molecular formula is C72H140O17P2. The van der Waals surface area contributed by atoms with Crippen LogP contribution in [0.1, 0.15) is 357 Å². The minimum Gasteiger partial charge on any atom is -0.462 e. The zero-order chi connectivity index (χ0) is 67.5. The molecule has 0 aliphatic heterocycles. The molecule has 0 saturated carbocycles. The summed E-state index contributed by atoms with van der Waals surface area (Å²) in [7, 11) is -9.90. The van der Waals surface area contributed by atoms with E-state index in [-0.39, 0.29) is 25.7 Å². The largest absolute Gasteiger partial charge is 0.472 e. The molecule has 7 atom stereocenters. The van der Waals surface area contributed by atoms with Crippen molar-refractivity contribution in [3.05, 3.63) is 0 Å². The lowest BCUT2D eigenvalue weighted by Crippen LogP contribution is -2.30. The highest BCUT2D eigenvalue weighted by Gasteiger charge is 2.30. The molecule has 91 heavy (non-hydrogen) atoms. The van der Waals surface area contributed by atoms with Gasteiger partial charge in [0.25, 0.3) is 0 Å². The summed E-state index contributed by atoms with van der Waals surface area (Å²) < 4.78 is 68.3. The number of ether oxygens (including phenoxy) is 4. The van der Waals surface area contributed by atoms with E-state index in [1.807, 2.05) is 0 Å². The Morgan fingerprint density at radius 2 is 0.527 bits per heavy atom. The van der Waals surface area contributed by atoms with Crippen LogP contribution in [0.2, 0.25) is 0 Å². The first kappa shape index (κ1) is 89.1. The standard InChI is InChI=1S/C72H140O17P2/c1-9-64(7)50-42-34-26-17-15-13-11-12-14-16-18-28-36-44-52-69(74)82-58-67(89-72(77)55-47-39-30-22-20-27-35-43-51-65(8)10-2)60-86-90(78,79)84-56-66(73)57-85-91(80,81)87-61-68(59-83-70(75)53-45-37-31-23-25-33-41-49-63(5)6)88-71(76)54-46-38-29-21-19-24-32-40-48-62(3)4/h62-68,73H,9-61H2,1-8H3,(H,78,79)(H,80,81)/t64?,65?,66?,67-,68-/m1/s1. The van der Waals surface area contributed by atoms with Crippen LogP contribution in [0.25, 0.3) is 0 Å². The molecule has 0 aromatic heterocycles. The molecule has 0 heterocycles. The molecule has 17 nitrogen and oxygen atoms in total. The summed E-state index contributed by atoms with van der Waals surface area (Å²) in [6, 6.07) is 0. The lowest BCUT2D eigenvalue weighted by Gasteiger charge is -2.21. The Morgan fingerprint density at radius 1 is 0.308 bits per heavy atom. The second kappa shape index (κ2) is 61.6. The van der Waals surface area contributed by atoms with E-state index in [1.54, 1.807) is 0 Å². The molecule has 19 heteroatoms. The van der Waals surface area contributed by atoms with Crippen LogP contribution in [0.3, 0.4) is 0 Å². The molecule has 0 saturated heterocycles. The fourth-order valence-corrected chi connectivity index (χ4v) is 12.4. The Balaban J connectivity index is 5.22. The molecule has 0 aromatic carbocycles. The van der Waals surface area contributed by atoms with Crippen molar-refractivity contribution < 1.29 is 80.2 Å². The average molecular weight is 1340 g/mol. The maximum absolute atomic E-state index is 13.0. The van der Waals surface area contributed by atoms with E-state index in [1.165, 1.54) is 154 Å². The van der Waals surface area contributed by atoms with Crippen molar-refractivity contribution in [1.29, 1.82) is 0 Å². The van der Waals surface area contributed by atoms with Gasteiger partial charge in [-0.05, 0) is 49.4 Å². The van der Waals surface area contributed by atoms with Crippen molar-refractivity contribution in [1.82, 2.24) is 0 Å². The highest BCUT2D eigenvalue weighted by atomic mass is 31.2. The molecular weight excluding hydrogens is 1200 g/mol. The Labute approximate surface area is 556 Å². The van der Waals surface area contributed by atoms with E-state index in [0.717, 1.165) is 114 Å². The molecule has 0 aliphatic carbocycles. The Hall–Kier alpha value is -1.94. The van der Waals surface area contributed by atoms with Crippen LogP contribution in [-0.4, -0.2) is 96.7 Å². The monoisotopic (exact) mass is 1340 g/mol. The Bertz CT molecular complexity index is 1800. The minimum atomic E-state index is -4.95. The van der Waals surface area contributed by atoms with E-state index in [0.29, 0.717) is 31.6 Å².